The van der Waals surface area contributed by atoms with Gasteiger partial charge in [-0.05, 0) is 31.4 Å². The Balaban J connectivity index is 1.84. The molecule has 3 nitrogen and oxygen atoms in total. The molecule has 1 aromatic carbocycles. The van der Waals surface area contributed by atoms with E-state index in [4.69, 9.17) is 0 Å². The summed E-state index contributed by atoms with van der Waals surface area (Å²) in [5.41, 5.74) is -0.242. The predicted molar refractivity (Wildman–Crippen MR) is 71.0 cm³/mol. The fraction of sp³-hybridized carbons (Fsp3) is 0.462. The summed E-state index contributed by atoms with van der Waals surface area (Å²) in [6.45, 7) is 0.346. The smallest absolute Gasteiger partial charge is 0.244 e. The zero-order chi connectivity index (χ0) is 13.6. The van der Waals surface area contributed by atoms with Gasteiger partial charge in [-0.25, -0.2) is 8.78 Å². The van der Waals surface area contributed by atoms with Crippen LogP contribution in [0.5, 0.6) is 0 Å². The van der Waals surface area contributed by atoms with Gasteiger partial charge in [0.25, 0.3) is 0 Å². The second kappa shape index (κ2) is 4.83. The van der Waals surface area contributed by atoms with Gasteiger partial charge >= 0.3 is 0 Å². The van der Waals surface area contributed by atoms with Gasteiger partial charge in [0.15, 0.2) is 11.6 Å². The number of hydrogen-bond acceptors (Lipinski definition) is 2. The first-order valence-electron chi connectivity index (χ1n) is 6.28. The van der Waals surface area contributed by atoms with Gasteiger partial charge in [0, 0.05) is 17.1 Å². The minimum Gasteiger partial charge on any atom is -0.306 e. The van der Waals surface area contributed by atoms with Crippen LogP contribution >= 0.6 is 15.9 Å². The Bertz CT molecular complexity index is 510. The second-order valence-electron chi connectivity index (χ2n) is 4.99. The molecule has 1 unspecified atom stereocenters. The first-order valence-corrected chi connectivity index (χ1v) is 7.07. The SMILES string of the molecule is O=C1C(NC2CC2)CCN1c1c(F)cc(Br)cc1F. The average Bonchev–Trinajstić information content (AvgIpc) is 3.07. The molecule has 2 fully saturated rings. The van der Waals surface area contributed by atoms with Gasteiger partial charge in [0.1, 0.15) is 5.69 Å². The van der Waals surface area contributed by atoms with E-state index in [1.54, 1.807) is 0 Å². The minimum atomic E-state index is -0.715. The van der Waals surface area contributed by atoms with Crippen molar-refractivity contribution in [1.82, 2.24) is 5.32 Å². The van der Waals surface area contributed by atoms with Crippen LogP contribution in [0.15, 0.2) is 16.6 Å². The fourth-order valence-corrected chi connectivity index (χ4v) is 2.79. The molecule has 1 aliphatic carbocycles. The number of carbonyl (C=O) groups excluding carboxylic acids is 1. The maximum absolute atomic E-state index is 13.9. The molecule has 6 heteroatoms. The normalized spacial score (nSPS) is 23.2. The highest BCUT2D eigenvalue weighted by atomic mass is 79.9. The van der Waals surface area contributed by atoms with E-state index < -0.39 is 11.6 Å². The maximum Gasteiger partial charge on any atom is 0.244 e. The van der Waals surface area contributed by atoms with Crippen LogP contribution in [0, 0.1) is 11.6 Å². The van der Waals surface area contributed by atoms with Gasteiger partial charge in [-0.15, -0.1) is 0 Å². The Morgan fingerprint density at radius 2 is 1.84 bits per heavy atom. The van der Waals surface area contributed by atoms with Gasteiger partial charge in [-0.2, -0.15) is 0 Å². The Kier molecular flexibility index (Phi) is 3.30. The quantitative estimate of drug-likeness (QED) is 0.923. The zero-order valence-corrected chi connectivity index (χ0v) is 11.7. The molecule has 0 aromatic heterocycles. The standard InChI is InChI=1S/C13H13BrF2N2O/c14-7-5-9(15)12(10(16)6-7)18-4-3-11(13(18)19)17-8-1-2-8/h5-6,8,11,17H,1-4H2. The topological polar surface area (TPSA) is 32.3 Å². The van der Waals surface area contributed by atoms with E-state index in [2.05, 4.69) is 21.2 Å². The highest BCUT2D eigenvalue weighted by Crippen LogP contribution is 2.31. The van der Waals surface area contributed by atoms with Gasteiger partial charge < -0.3 is 10.2 Å². The molecule has 1 heterocycles. The van der Waals surface area contributed by atoms with Crippen LogP contribution in [0.1, 0.15) is 19.3 Å². The van der Waals surface area contributed by atoms with E-state index in [9.17, 15) is 13.6 Å². The summed E-state index contributed by atoms with van der Waals surface area (Å²) >= 11 is 3.03. The van der Waals surface area contributed by atoms with Gasteiger partial charge in [-0.1, -0.05) is 15.9 Å². The van der Waals surface area contributed by atoms with Crippen LogP contribution in [0.25, 0.3) is 0 Å². The lowest BCUT2D eigenvalue weighted by Crippen LogP contribution is -2.39. The number of rotatable bonds is 3. The average molecular weight is 331 g/mol. The number of anilines is 1. The molecule has 102 valence electrons. The molecular formula is C13H13BrF2N2O. The largest absolute Gasteiger partial charge is 0.306 e. The molecule has 19 heavy (non-hydrogen) atoms. The summed E-state index contributed by atoms with van der Waals surface area (Å²) in [4.78, 5) is 13.4. The number of benzene rings is 1. The van der Waals surface area contributed by atoms with Crippen molar-refractivity contribution in [3.8, 4) is 0 Å². The number of hydrogen-bond donors (Lipinski definition) is 1. The van der Waals surface area contributed by atoms with E-state index in [0.29, 0.717) is 23.5 Å². The highest BCUT2D eigenvalue weighted by Gasteiger charge is 2.38. The van der Waals surface area contributed by atoms with Crippen LogP contribution in [0.4, 0.5) is 14.5 Å². The molecule has 1 aromatic rings. The van der Waals surface area contributed by atoms with Gasteiger partial charge in [0.05, 0.1) is 6.04 Å². The first-order chi connectivity index (χ1) is 9.06. The molecule has 1 atom stereocenters. The summed E-state index contributed by atoms with van der Waals surface area (Å²) in [5, 5.41) is 3.21. The number of nitrogens with zero attached hydrogens (tertiary/aromatic N) is 1. The van der Waals surface area contributed by atoms with Crippen LogP contribution in [-0.2, 0) is 4.79 Å². The molecule has 0 bridgehead atoms. The number of carbonyl (C=O) groups is 1. The molecule has 3 rings (SSSR count). The molecule has 1 saturated carbocycles. The molecule has 1 aliphatic heterocycles. The maximum atomic E-state index is 13.9. The van der Waals surface area contributed by atoms with Crippen LogP contribution in [0.2, 0.25) is 0 Å². The highest BCUT2D eigenvalue weighted by molar-refractivity contribution is 9.10. The molecule has 2 aliphatic rings. The third-order valence-corrected chi connectivity index (χ3v) is 3.93. The number of amides is 1. The third kappa shape index (κ3) is 2.51. The van der Waals surface area contributed by atoms with Crippen molar-refractivity contribution in [2.45, 2.75) is 31.3 Å². The lowest BCUT2D eigenvalue weighted by Gasteiger charge is -2.18. The molecule has 1 N–H and O–H groups in total. The Morgan fingerprint density at radius 3 is 2.42 bits per heavy atom. The molecule has 1 saturated heterocycles. The predicted octanol–water partition coefficient (Wildman–Crippen LogP) is 2.58. The molecule has 1 amide bonds. The van der Waals surface area contributed by atoms with E-state index in [0.717, 1.165) is 12.8 Å². The Labute approximate surface area is 118 Å². The van der Waals surface area contributed by atoms with Crippen molar-refractivity contribution >= 4 is 27.5 Å². The van der Waals surface area contributed by atoms with Crippen LogP contribution in [-0.4, -0.2) is 24.5 Å². The molecular weight excluding hydrogens is 318 g/mol. The van der Waals surface area contributed by atoms with Crippen molar-refractivity contribution in [2.24, 2.45) is 0 Å². The molecule has 0 radical (unpaired) electrons. The summed E-state index contributed by atoms with van der Waals surface area (Å²) < 4.78 is 28.0. The van der Waals surface area contributed by atoms with E-state index in [-0.39, 0.29) is 17.6 Å². The van der Waals surface area contributed by atoms with E-state index >= 15 is 0 Å². The Morgan fingerprint density at radius 1 is 1.21 bits per heavy atom. The summed E-state index contributed by atoms with van der Waals surface area (Å²) in [6, 6.07) is 2.43. The number of nitrogens with one attached hydrogen (secondary N) is 1. The third-order valence-electron chi connectivity index (χ3n) is 3.47. The van der Waals surface area contributed by atoms with Crippen LogP contribution in [0.3, 0.4) is 0 Å². The van der Waals surface area contributed by atoms with Crippen LogP contribution < -0.4 is 10.2 Å². The van der Waals surface area contributed by atoms with Crippen molar-refractivity contribution in [2.75, 3.05) is 11.4 Å². The van der Waals surface area contributed by atoms with E-state index in [1.807, 2.05) is 0 Å². The van der Waals surface area contributed by atoms with Crippen molar-refractivity contribution < 1.29 is 13.6 Å². The van der Waals surface area contributed by atoms with Crippen molar-refractivity contribution in [3.63, 3.8) is 0 Å². The first kappa shape index (κ1) is 13.0. The molecule has 0 spiro atoms. The summed E-state index contributed by atoms with van der Waals surface area (Å²) in [7, 11) is 0. The monoisotopic (exact) mass is 330 g/mol. The van der Waals surface area contributed by atoms with Crippen molar-refractivity contribution in [3.05, 3.63) is 28.2 Å². The number of halogens is 3. The second-order valence-corrected chi connectivity index (χ2v) is 5.91. The van der Waals surface area contributed by atoms with Crippen molar-refractivity contribution in [1.29, 1.82) is 0 Å². The lowest BCUT2D eigenvalue weighted by molar-refractivity contribution is -0.118. The Hall–Kier alpha value is -1.01. The van der Waals surface area contributed by atoms with Gasteiger partial charge in [-0.3, -0.25) is 4.79 Å². The lowest BCUT2D eigenvalue weighted by atomic mass is 10.2. The fourth-order valence-electron chi connectivity index (χ4n) is 2.38. The van der Waals surface area contributed by atoms with E-state index in [1.165, 1.54) is 17.0 Å². The minimum absolute atomic E-state index is 0.242. The zero-order valence-electron chi connectivity index (χ0n) is 10.1. The summed E-state index contributed by atoms with van der Waals surface area (Å²) in [5.74, 6) is -1.67. The van der Waals surface area contributed by atoms with Gasteiger partial charge in [0.2, 0.25) is 5.91 Å². The summed E-state index contributed by atoms with van der Waals surface area (Å²) in [6.07, 6.45) is 2.74.